The highest BCUT2D eigenvalue weighted by Gasteiger charge is 2.06. The molecule has 0 aliphatic rings. The van der Waals surface area contributed by atoms with Crippen molar-refractivity contribution < 1.29 is 9.94 Å². The van der Waals surface area contributed by atoms with Crippen molar-refractivity contribution in [3.63, 3.8) is 0 Å². The van der Waals surface area contributed by atoms with Crippen LogP contribution in [0.5, 0.6) is 5.88 Å². The maximum Gasteiger partial charge on any atom is 0.228 e. The normalized spacial score (nSPS) is 11.4. The summed E-state index contributed by atoms with van der Waals surface area (Å²) in [6.45, 7) is 0. The lowest BCUT2D eigenvalue weighted by Gasteiger charge is -2.03. The first-order valence-corrected chi connectivity index (χ1v) is 4.16. The van der Waals surface area contributed by atoms with Gasteiger partial charge in [-0.15, -0.1) is 0 Å². The minimum absolute atomic E-state index is 0.0502. The van der Waals surface area contributed by atoms with Gasteiger partial charge in [-0.2, -0.15) is 0 Å². The molecule has 0 spiro atoms. The van der Waals surface area contributed by atoms with Gasteiger partial charge in [0, 0.05) is 0 Å². The molecular weight excluding hydrogens is 238 g/mol. The molecule has 1 heterocycles. The van der Waals surface area contributed by atoms with Gasteiger partial charge >= 0.3 is 0 Å². The van der Waals surface area contributed by atoms with Gasteiger partial charge in [-0.05, 0) is 28.1 Å². The third kappa shape index (κ3) is 2.09. The van der Waals surface area contributed by atoms with Crippen LogP contribution in [-0.4, -0.2) is 23.1 Å². The van der Waals surface area contributed by atoms with Crippen LogP contribution in [0.25, 0.3) is 0 Å². The minimum atomic E-state index is -0.0502. The lowest BCUT2D eigenvalue weighted by atomic mass is 10.3. The van der Waals surface area contributed by atoms with Crippen LogP contribution < -0.4 is 10.5 Å². The zero-order valence-electron chi connectivity index (χ0n) is 6.86. The zero-order valence-corrected chi connectivity index (χ0v) is 8.45. The van der Waals surface area contributed by atoms with Gasteiger partial charge in [0.15, 0.2) is 5.84 Å². The number of hydrogen-bond acceptors (Lipinski definition) is 4. The lowest BCUT2D eigenvalue weighted by molar-refractivity contribution is 0.318. The van der Waals surface area contributed by atoms with Gasteiger partial charge in [-0.1, -0.05) is 5.16 Å². The van der Waals surface area contributed by atoms with E-state index < -0.39 is 0 Å². The molecule has 0 aliphatic carbocycles. The summed E-state index contributed by atoms with van der Waals surface area (Å²) in [5, 5.41) is 11.2. The van der Waals surface area contributed by atoms with Gasteiger partial charge in [-0.3, -0.25) is 0 Å². The number of methoxy groups -OCH3 is 1. The van der Waals surface area contributed by atoms with Crippen molar-refractivity contribution in [2.45, 2.75) is 0 Å². The smallest absolute Gasteiger partial charge is 0.228 e. The summed E-state index contributed by atoms with van der Waals surface area (Å²) in [4.78, 5) is 3.98. The number of halogens is 1. The third-order valence-corrected chi connectivity index (χ3v) is 1.98. The van der Waals surface area contributed by atoms with Crippen molar-refractivity contribution in [1.29, 1.82) is 0 Å². The van der Waals surface area contributed by atoms with Crippen LogP contribution in [0.3, 0.4) is 0 Å². The standard InChI is InChI=1S/C7H8BrN3O2/c1-13-7-4(8)2-3-5(10-7)6(9)11-12/h2-3,12H,1H3,(H2,9,11). The largest absolute Gasteiger partial charge is 0.480 e. The van der Waals surface area contributed by atoms with Crippen LogP contribution in [0.1, 0.15) is 5.69 Å². The molecule has 0 unspecified atom stereocenters. The maximum atomic E-state index is 8.39. The molecule has 0 amide bonds. The Balaban J connectivity index is 3.13. The Bertz CT molecular complexity index is 341. The first-order valence-electron chi connectivity index (χ1n) is 3.37. The average molecular weight is 246 g/mol. The second-order valence-electron chi connectivity index (χ2n) is 2.17. The molecule has 0 saturated carbocycles. The van der Waals surface area contributed by atoms with Gasteiger partial charge in [0.05, 0.1) is 11.6 Å². The lowest BCUT2D eigenvalue weighted by Crippen LogP contribution is -2.15. The van der Waals surface area contributed by atoms with E-state index in [2.05, 4.69) is 26.1 Å². The number of rotatable bonds is 2. The topological polar surface area (TPSA) is 80.7 Å². The summed E-state index contributed by atoms with van der Waals surface area (Å²) in [6.07, 6.45) is 0. The second kappa shape index (κ2) is 4.08. The third-order valence-electron chi connectivity index (χ3n) is 1.38. The molecule has 0 saturated heterocycles. The fourth-order valence-corrected chi connectivity index (χ4v) is 1.14. The second-order valence-corrected chi connectivity index (χ2v) is 3.03. The number of ether oxygens (including phenoxy) is 1. The van der Waals surface area contributed by atoms with Gasteiger partial charge in [-0.25, -0.2) is 4.98 Å². The highest BCUT2D eigenvalue weighted by molar-refractivity contribution is 9.10. The fourth-order valence-electron chi connectivity index (χ4n) is 0.760. The van der Waals surface area contributed by atoms with Crippen molar-refractivity contribution in [2.24, 2.45) is 10.9 Å². The summed E-state index contributed by atoms with van der Waals surface area (Å²) in [5.74, 6) is 0.343. The van der Waals surface area contributed by atoms with E-state index in [4.69, 9.17) is 15.7 Å². The molecule has 0 aliphatic heterocycles. The van der Waals surface area contributed by atoms with E-state index in [1.807, 2.05) is 0 Å². The van der Waals surface area contributed by atoms with Crippen LogP contribution in [0, 0.1) is 0 Å². The van der Waals surface area contributed by atoms with Crippen LogP contribution >= 0.6 is 15.9 Å². The summed E-state index contributed by atoms with van der Waals surface area (Å²) < 4.78 is 5.64. The van der Waals surface area contributed by atoms with E-state index in [1.54, 1.807) is 12.1 Å². The molecule has 1 aromatic heterocycles. The molecule has 5 nitrogen and oxygen atoms in total. The molecule has 6 heteroatoms. The number of nitrogens with two attached hydrogens (primary N) is 1. The van der Waals surface area contributed by atoms with Crippen molar-refractivity contribution >= 4 is 21.8 Å². The van der Waals surface area contributed by atoms with Crippen LogP contribution in [0.2, 0.25) is 0 Å². The molecular formula is C7H8BrN3O2. The predicted molar refractivity (Wildman–Crippen MR) is 51.0 cm³/mol. The molecule has 0 aromatic carbocycles. The molecule has 0 atom stereocenters. The quantitative estimate of drug-likeness (QED) is 0.352. The van der Waals surface area contributed by atoms with E-state index in [9.17, 15) is 0 Å². The van der Waals surface area contributed by atoms with Gasteiger partial charge in [0.1, 0.15) is 5.69 Å². The number of oxime groups is 1. The fraction of sp³-hybridized carbons (Fsp3) is 0.143. The summed E-state index contributed by atoms with van der Waals surface area (Å²) in [6, 6.07) is 3.32. The monoisotopic (exact) mass is 245 g/mol. The Morgan fingerprint density at radius 2 is 2.38 bits per heavy atom. The van der Waals surface area contributed by atoms with E-state index in [-0.39, 0.29) is 5.84 Å². The molecule has 0 fully saturated rings. The minimum Gasteiger partial charge on any atom is -0.480 e. The number of hydrogen-bond donors (Lipinski definition) is 2. The van der Waals surface area contributed by atoms with Crippen LogP contribution in [0.4, 0.5) is 0 Å². The first-order chi connectivity index (χ1) is 6.19. The van der Waals surface area contributed by atoms with E-state index in [1.165, 1.54) is 7.11 Å². The van der Waals surface area contributed by atoms with Gasteiger partial charge in [0.2, 0.25) is 5.88 Å². The molecule has 0 bridgehead atoms. The molecule has 70 valence electrons. The van der Waals surface area contributed by atoms with E-state index in [0.717, 1.165) is 0 Å². The van der Waals surface area contributed by atoms with E-state index >= 15 is 0 Å². The zero-order chi connectivity index (χ0) is 9.84. The highest BCUT2D eigenvalue weighted by Crippen LogP contribution is 2.21. The number of pyridine rings is 1. The summed E-state index contributed by atoms with van der Waals surface area (Å²) >= 11 is 3.23. The van der Waals surface area contributed by atoms with Crippen molar-refractivity contribution in [2.75, 3.05) is 7.11 Å². The average Bonchev–Trinajstić information content (AvgIpc) is 2.17. The van der Waals surface area contributed by atoms with Crippen molar-refractivity contribution in [1.82, 2.24) is 4.98 Å². The van der Waals surface area contributed by atoms with Crippen LogP contribution in [-0.2, 0) is 0 Å². The summed E-state index contributed by atoms with van der Waals surface area (Å²) in [5.41, 5.74) is 5.70. The SMILES string of the molecule is COc1nc(C(N)=NO)ccc1Br. The number of amidine groups is 1. The first kappa shape index (κ1) is 9.79. The molecule has 13 heavy (non-hydrogen) atoms. The Morgan fingerprint density at radius 3 is 2.92 bits per heavy atom. The number of nitrogens with zero attached hydrogens (tertiary/aromatic N) is 2. The van der Waals surface area contributed by atoms with Crippen LogP contribution in [0.15, 0.2) is 21.8 Å². The van der Waals surface area contributed by atoms with Crippen molar-refractivity contribution in [3.8, 4) is 5.88 Å². The molecule has 1 rings (SSSR count). The highest BCUT2D eigenvalue weighted by atomic mass is 79.9. The number of aromatic nitrogens is 1. The Morgan fingerprint density at radius 1 is 1.69 bits per heavy atom. The van der Waals surface area contributed by atoms with E-state index in [0.29, 0.717) is 16.0 Å². The van der Waals surface area contributed by atoms with Crippen molar-refractivity contribution in [3.05, 3.63) is 22.3 Å². The molecule has 0 radical (unpaired) electrons. The Kier molecular flexibility index (Phi) is 3.07. The molecule has 3 N–H and O–H groups in total. The van der Waals surface area contributed by atoms with Gasteiger partial charge < -0.3 is 15.7 Å². The Labute approximate surface area is 83.3 Å². The Hall–Kier alpha value is -1.30. The maximum absolute atomic E-state index is 8.39. The molecule has 1 aromatic rings. The predicted octanol–water partition coefficient (Wildman–Crippen LogP) is 0.947. The van der Waals surface area contributed by atoms with Gasteiger partial charge in [0.25, 0.3) is 0 Å². The summed E-state index contributed by atoms with van der Waals surface area (Å²) in [7, 11) is 1.49.